The van der Waals surface area contributed by atoms with E-state index in [2.05, 4.69) is 32.9 Å². The lowest BCUT2D eigenvalue weighted by Crippen LogP contribution is -1.98. The van der Waals surface area contributed by atoms with Crippen LogP contribution in [-0.2, 0) is 0 Å². The molecule has 2 unspecified atom stereocenters. The molecular weight excluding hydrogens is 190 g/mol. The highest BCUT2D eigenvalue weighted by Gasteiger charge is 2.09. The predicted octanol–water partition coefficient (Wildman–Crippen LogP) is 3.86. The van der Waals surface area contributed by atoms with Crippen molar-refractivity contribution in [2.45, 2.75) is 37.7 Å². The van der Waals surface area contributed by atoms with E-state index < -0.39 is 0 Å². The van der Waals surface area contributed by atoms with Gasteiger partial charge in [-0.15, -0.1) is 0 Å². The first-order chi connectivity index (χ1) is 6.63. The molecule has 0 fully saturated rings. The molecule has 2 heteroatoms. The molecule has 2 atom stereocenters. The van der Waals surface area contributed by atoms with Crippen LogP contribution in [0, 0.1) is 0 Å². The number of nitrogen functional groups attached to an aromatic ring is 1. The number of hydrogen-bond acceptors (Lipinski definition) is 2. The van der Waals surface area contributed by atoms with Crippen molar-refractivity contribution in [3.05, 3.63) is 29.8 Å². The normalized spacial score (nSPS) is 15.1. The summed E-state index contributed by atoms with van der Waals surface area (Å²) in [5.41, 5.74) is 7.94. The molecule has 0 aliphatic heterocycles. The first-order valence-corrected chi connectivity index (χ1v) is 6.08. The maximum atomic E-state index is 5.75. The van der Waals surface area contributed by atoms with E-state index in [0.717, 1.165) is 5.69 Å². The van der Waals surface area contributed by atoms with Crippen LogP contribution in [0.5, 0.6) is 0 Å². The van der Waals surface area contributed by atoms with Gasteiger partial charge in [-0.3, -0.25) is 0 Å². The number of hydrogen-bond donors (Lipinski definition) is 1. The zero-order valence-corrected chi connectivity index (χ0v) is 9.97. The molecule has 0 aromatic heterocycles. The number of thioether (sulfide) groups is 1. The molecule has 1 aromatic carbocycles. The molecule has 2 N–H and O–H groups in total. The van der Waals surface area contributed by atoms with Crippen LogP contribution in [0.25, 0.3) is 0 Å². The van der Waals surface area contributed by atoms with Crippen LogP contribution < -0.4 is 5.73 Å². The first kappa shape index (κ1) is 11.4. The van der Waals surface area contributed by atoms with Crippen LogP contribution in [0.2, 0.25) is 0 Å². The van der Waals surface area contributed by atoms with Gasteiger partial charge in [-0.05, 0) is 31.0 Å². The van der Waals surface area contributed by atoms with E-state index >= 15 is 0 Å². The van der Waals surface area contributed by atoms with Crippen LogP contribution in [0.4, 0.5) is 5.69 Å². The van der Waals surface area contributed by atoms with Crippen molar-refractivity contribution in [3.63, 3.8) is 0 Å². The molecule has 0 heterocycles. The van der Waals surface area contributed by atoms with Gasteiger partial charge >= 0.3 is 0 Å². The van der Waals surface area contributed by atoms with Crippen LogP contribution in [0.1, 0.15) is 38.0 Å². The average molecular weight is 209 g/mol. The lowest BCUT2D eigenvalue weighted by molar-refractivity contribution is 0.895. The third-order valence-electron chi connectivity index (χ3n) is 2.39. The highest BCUT2D eigenvalue weighted by atomic mass is 32.2. The van der Waals surface area contributed by atoms with Crippen LogP contribution in [-0.4, -0.2) is 5.25 Å². The van der Waals surface area contributed by atoms with Gasteiger partial charge in [0.25, 0.3) is 0 Å². The molecule has 0 bridgehead atoms. The highest BCUT2D eigenvalue weighted by Crippen LogP contribution is 2.33. The molecule has 1 nitrogen and oxygen atoms in total. The van der Waals surface area contributed by atoms with E-state index in [4.69, 9.17) is 5.73 Å². The molecule has 0 radical (unpaired) electrons. The fourth-order valence-corrected chi connectivity index (χ4v) is 2.53. The largest absolute Gasteiger partial charge is 0.399 e. The second-order valence-electron chi connectivity index (χ2n) is 3.67. The Hall–Kier alpha value is -0.630. The van der Waals surface area contributed by atoms with Crippen molar-refractivity contribution in [2.75, 3.05) is 5.73 Å². The van der Waals surface area contributed by atoms with E-state index in [0.29, 0.717) is 10.5 Å². The highest BCUT2D eigenvalue weighted by molar-refractivity contribution is 8.00. The second kappa shape index (κ2) is 5.30. The minimum Gasteiger partial charge on any atom is -0.399 e. The van der Waals surface area contributed by atoms with Gasteiger partial charge < -0.3 is 5.73 Å². The Morgan fingerprint density at radius 1 is 1.36 bits per heavy atom. The summed E-state index contributed by atoms with van der Waals surface area (Å²) < 4.78 is 0. The van der Waals surface area contributed by atoms with Crippen LogP contribution >= 0.6 is 11.8 Å². The third kappa shape index (κ3) is 3.26. The number of anilines is 1. The Morgan fingerprint density at radius 3 is 2.64 bits per heavy atom. The minimum atomic E-state index is 0.536. The predicted molar refractivity (Wildman–Crippen MR) is 66.6 cm³/mol. The SMILES string of the molecule is CCC(C)SC(C)c1cccc(N)c1. The van der Waals surface area contributed by atoms with Gasteiger partial charge in [0.05, 0.1) is 0 Å². The average Bonchev–Trinajstić information content (AvgIpc) is 2.17. The van der Waals surface area contributed by atoms with Crippen molar-refractivity contribution in [3.8, 4) is 0 Å². The van der Waals surface area contributed by atoms with Gasteiger partial charge in [0.15, 0.2) is 0 Å². The number of nitrogens with two attached hydrogens (primary N) is 1. The number of rotatable bonds is 4. The zero-order valence-electron chi connectivity index (χ0n) is 9.16. The molecular formula is C12H19NS. The van der Waals surface area contributed by atoms with Gasteiger partial charge in [-0.1, -0.05) is 26.0 Å². The van der Waals surface area contributed by atoms with Gasteiger partial charge in [0, 0.05) is 16.2 Å². The third-order valence-corrected chi connectivity index (χ3v) is 3.87. The Kier molecular flexibility index (Phi) is 4.33. The topological polar surface area (TPSA) is 26.0 Å². The minimum absolute atomic E-state index is 0.536. The second-order valence-corrected chi connectivity index (χ2v) is 5.45. The van der Waals surface area contributed by atoms with E-state index in [1.54, 1.807) is 0 Å². The smallest absolute Gasteiger partial charge is 0.0317 e. The summed E-state index contributed by atoms with van der Waals surface area (Å²) >= 11 is 2.01. The van der Waals surface area contributed by atoms with Crippen LogP contribution in [0.3, 0.4) is 0 Å². The van der Waals surface area contributed by atoms with Crippen molar-refractivity contribution >= 4 is 17.4 Å². The zero-order chi connectivity index (χ0) is 10.6. The van der Waals surface area contributed by atoms with Crippen molar-refractivity contribution in [1.29, 1.82) is 0 Å². The van der Waals surface area contributed by atoms with E-state index in [-0.39, 0.29) is 0 Å². The van der Waals surface area contributed by atoms with Gasteiger partial charge in [0.2, 0.25) is 0 Å². The molecule has 0 saturated carbocycles. The molecule has 0 aliphatic carbocycles. The summed E-state index contributed by atoms with van der Waals surface area (Å²) in [7, 11) is 0. The molecule has 1 rings (SSSR count). The summed E-state index contributed by atoms with van der Waals surface area (Å²) in [6.07, 6.45) is 1.22. The molecule has 0 saturated heterocycles. The first-order valence-electron chi connectivity index (χ1n) is 5.14. The van der Waals surface area contributed by atoms with Gasteiger partial charge in [-0.2, -0.15) is 11.8 Å². The Bertz CT molecular complexity index is 285. The summed E-state index contributed by atoms with van der Waals surface area (Å²) in [5, 5.41) is 1.25. The lowest BCUT2D eigenvalue weighted by atomic mass is 10.1. The fourth-order valence-electron chi connectivity index (χ4n) is 1.34. The molecule has 14 heavy (non-hydrogen) atoms. The lowest BCUT2D eigenvalue weighted by Gasteiger charge is -2.16. The quantitative estimate of drug-likeness (QED) is 0.762. The van der Waals surface area contributed by atoms with E-state index in [9.17, 15) is 0 Å². The fraction of sp³-hybridized carbons (Fsp3) is 0.500. The molecule has 1 aromatic rings. The summed E-state index contributed by atoms with van der Waals surface area (Å²) in [6, 6.07) is 8.18. The molecule has 0 amide bonds. The maximum absolute atomic E-state index is 5.75. The maximum Gasteiger partial charge on any atom is 0.0317 e. The molecule has 0 aliphatic rings. The van der Waals surface area contributed by atoms with Crippen LogP contribution in [0.15, 0.2) is 24.3 Å². The van der Waals surface area contributed by atoms with E-state index in [1.165, 1.54) is 12.0 Å². The monoisotopic (exact) mass is 209 g/mol. The summed E-state index contributed by atoms with van der Waals surface area (Å²) in [4.78, 5) is 0. The van der Waals surface area contributed by atoms with Gasteiger partial charge in [0.1, 0.15) is 0 Å². The Morgan fingerprint density at radius 2 is 2.07 bits per heavy atom. The van der Waals surface area contributed by atoms with Crippen molar-refractivity contribution < 1.29 is 0 Å². The Labute approximate surface area is 91.1 Å². The number of benzene rings is 1. The summed E-state index contributed by atoms with van der Waals surface area (Å²) in [6.45, 7) is 6.74. The van der Waals surface area contributed by atoms with E-state index in [1.807, 2.05) is 23.9 Å². The van der Waals surface area contributed by atoms with Crippen molar-refractivity contribution in [2.24, 2.45) is 0 Å². The van der Waals surface area contributed by atoms with Gasteiger partial charge in [-0.25, -0.2) is 0 Å². The van der Waals surface area contributed by atoms with Crippen molar-refractivity contribution in [1.82, 2.24) is 0 Å². The molecule has 78 valence electrons. The molecule has 0 spiro atoms. The summed E-state index contributed by atoms with van der Waals surface area (Å²) in [5.74, 6) is 0. The standard InChI is InChI=1S/C12H19NS/c1-4-9(2)14-10(3)11-6-5-7-12(13)8-11/h5-10H,4,13H2,1-3H3. The Balaban J connectivity index is 2.64.